The van der Waals surface area contributed by atoms with Gasteiger partial charge in [0.05, 0.1) is 20.8 Å². The van der Waals surface area contributed by atoms with Crippen molar-refractivity contribution < 1.29 is 9.47 Å². The molecule has 0 fully saturated rings. The van der Waals surface area contributed by atoms with E-state index in [-0.39, 0.29) is 24.0 Å². The van der Waals surface area contributed by atoms with Gasteiger partial charge in [-0.2, -0.15) is 11.8 Å². The molecule has 0 saturated carbocycles. The molecule has 1 aliphatic heterocycles. The van der Waals surface area contributed by atoms with E-state index in [2.05, 4.69) is 35.5 Å². The van der Waals surface area contributed by atoms with Gasteiger partial charge in [-0.25, -0.2) is 0 Å². The van der Waals surface area contributed by atoms with Crippen LogP contribution in [0, 0.1) is 0 Å². The lowest BCUT2D eigenvalue weighted by Crippen LogP contribution is -2.44. The Labute approximate surface area is 166 Å². The van der Waals surface area contributed by atoms with E-state index in [1.54, 1.807) is 14.2 Å². The number of thioether (sulfide) groups is 1. The number of fused-ring (bicyclic) bond motifs is 1. The summed E-state index contributed by atoms with van der Waals surface area (Å²) in [5.41, 5.74) is 2.61. The number of methoxy groups -OCH3 is 2. The van der Waals surface area contributed by atoms with Gasteiger partial charge in [0.1, 0.15) is 0 Å². The topological polar surface area (TPSA) is 46.1 Å². The lowest BCUT2D eigenvalue weighted by atomic mass is 9.99. The number of aliphatic imine (C=N–C) groups is 1. The molecule has 24 heavy (non-hydrogen) atoms. The number of rotatable bonds is 6. The minimum atomic E-state index is 0. The van der Waals surface area contributed by atoms with Gasteiger partial charge in [-0.05, 0) is 42.9 Å². The van der Waals surface area contributed by atoms with Gasteiger partial charge >= 0.3 is 0 Å². The molecule has 0 bridgehead atoms. The van der Waals surface area contributed by atoms with Crippen molar-refractivity contribution >= 4 is 41.7 Å². The minimum Gasteiger partial charge on any atom is -0.493 e. The second-order valence-electron chi connectivity index (χ2n) is 5.38. The summed E-state index contributed by atoms with van der Waals surface area (Å²) in [5, 5.41) is 3.40. The van der Waals surface area contributed by atoms with Gasteiger partial charge in [0.15, 0.2) is 17.5 Å². The van der Waals surface area contributed by atoms with Crippen LogP contribution in [0.1, 0.15) is 18.1 Å². The third-order valence-corrected chi connectivity index (χ3v) is 4.50. The van der Waals surface area contributed by atoms with Gasteiger partial charge in [0.25, 0.3) is 0 Å². The molecule has 0 radical (unpaired) electrons. The summed E-state index contributed by atoms with van der Waals surface area (Å²) in [4.78, 5) is 7.05. The van der Waals surface area contributed by atoms with Gasteiger partial charge in [-0.3, -0.25) is 4.99 Å². The quantitative estimate of drug-likeness (QED) is 0.303. The molecule has 1 aromatic carbocycles. The van der Waals surface area contributed by atoms with Crippen molar-refractivity contribution in [2.45, 2.75) is 19.9 Å². The highest BCUT2D eigenvalue weighted by molar-refractivity contribution is 14.0. The molecule has 1 N–H and O–H groups in total. The summed E-state index contributed by atoms with van der Waals surface area (Å²) in [6.07, 6.45) is 3.10. The van der Waals surface area contributed by atoms with Crippen molar-refractivity contribution in [1.29, 1.82) is 0 Å². The highest BCUT2D eigenvalue weighted by Crippen LogP contribution is 2.33. The largest absolute Gasteiger partial charge is 0.493 e. The summed E-state index contributed by atoms with van der Waals surface area (Å²) in [5.74, 6) is 3.64. The van der Waals surface area contributed by atoms with Crippen molar-refractivity contribution in [2.24, 2.45) is 4.99 Å². The number of halogens is 1. The highest BCUT2D eigenvalue weighted by Gasteiger charge is 2.21. The minimum absolute atomic E-state index is 0. The fourth-order valence-electron chi connectivity index (χ4n) is 2.73. The molecule has 0 saturated heterocycles. The summed E-state index contributed by atoms with van der Waals surface area (Å²) >= 11 is 1.82. The van der Waals surface area contributed by atoms with Crippen LogP contribution in [0.2, 0.25) is 0 Å². The Morgan fingerprint density at radius 1 is 1.25 bits per heavy atom. The first-order chi connectivity index (χ1) is 11.2. The standard InChI is InChI=1S/C17H27N3O2S.HI/c1-5-18-17(19-7-9-23-4)20-8-6-13-10-15(21-2)16(22-3)11-14(13)12-20;/h10-11H,5-9,12H2,1-4H3,(H,18,19);1H. The van der Waals surface area contributed by atoms with Crippen LogP contribution in [0.3, 0.4) is 0 Å². The zero-order valence-electron chi connectivity index (χ0n) is 14.9. The molecular weight excluding hydrogens is 437 g/mol. The predicted molar refractivity (Wildman–Crippen MR) is 113 cm³/mol. The van der Waals surface area contributed by atoms with Crippen LogP contribution in [0.4, 0.5) is 0 Å². The Morgan fingerprint density at radius 3 is 2.50 bits per heavy atom. The molecule has 2 rings (SSSR count). The molecule has 136 valence electrons. The van der Waals surface area contributed by atoms with Crippen molar-refractivity contribution in [3.8, 4) is 11.5 Å². The number of guanidine groups is 1. The SMILES string of the molecule is CCNC(=NCCSC)N1CCc2cc(OC)c(OC)cc2C1.I. The number of nitrogens with one attached hydrogen (secondary N) is 1. The Kier molecular flexibility index (Phi) is 9.65. The highest BCUT2D eigenvalue weighted by atomic mass is 127. The molecule has 0 spiro atoms. The van der Waals surface area contributed by atoms with Crippen LogP contribution in [0.25, 0.3) is 0 Å². The van der Waals surface area contributed by atoms with Crippen LogP contribution in [-0.2, 0) is 13.0 Å². The molecule has 1 heterocycles. The number of benzene rings is 1. The molecule has 1 aromatic rings. The van der Waals surface area contributed by atoms with Gasteiger partial charge in [0, 0.05) is 25.4 Å². The number of hydrogen-bond donors (Lipinski definition) is 1. The maximum Gasteiger partial charge on any atom is 0.194 e. The third kappa shape index (κ3) is 5.34. The number of ether oxygens (including phenoxy) is 2. The van der Waals surface area contributed by atoms with Crippen molar-refractivity contribution in [1.82, 2.24) is 10.2 Å². The molecule has 1 aliphatic rings. The van der Waals surface area contributed by atoms with Crippen LogP contribution in [0.15, 0.2) is 17.1 Å². The molecule has 7 heteroatoms. The number of nitrogens with zero attached hydrogens (tertiary/aromatic N) is 2. The van der Waals surface area contributed by atoms with E-state index < -0.39 is 0 Å². The van der Waals surface area contributed by atoms with Gasteiger partial charge in [-0.1, -0.05) is 0 Å². The second-order valence-corrected chi connectivity index (χ2v) is 6.36. The number of hydrogen-bond acceptors (Lipinski definition) is 4. The van der Waals surface area contributed by atoms with Gasteiger partial charge < -0.3 is 19.7 Å². The third-order valence-electron chi connectivity index (χ3n) is 3.91. The van der Waals surface area contributed by atoms with E-state index in [1.165, 1.54) is 11.1 Å². The van der Waals surface area contributed by atoms with E-state index in [4.69, 9.17) is 14.5 Å². The van der Waals surface area contributed by atoms with Crippen molar-refractivity contribution in [3.05, 3.63) is 23.3 Å². The molecule has 0 atom stereocenters. The molecule has 0 unspecified atom stereocenters. The molecule has 0 amide bonds. The van der Waals surface area contributed by atoms with Crippen molar-refractivity contribution in [3.63, 3.8) is 0 Å². The van der Waals surface area contributed by atoms with Gasteiger partial charge in [0.2, 0.25) is 0 Å². The first kappa shape index (κ1) is 21.2. The molecule has 0 aliphatic carbocycles. The maximum absolute atomic E-state index is 5.43. The predicted octanol–water partition coefficient (Wildman–Crippen LogP) is 3.01. The summed E-state index contributed by atoms with van der Waals surface area (Å²) in [7, 11) is 3.36. The normalized spacial score (nSPS) is 13.8. The zero-order chi connectivity index (χ0) is 16.7. The second kappa shape index (κ2) is 10.9. The summed E-state index contributed by atoms with van der Waals surface area (Å²) in [6, 6.07) is 4.19. The van der Waals surface area contributed by atoms with E-state index in [0.29, 0.717) is 0 Å². The van der Waals surface area contributed by atoms with Crippen LogP contribution in [-0.4, -0.2) is 56.7 Å². The van der Waals surface area contributed by atoms with E-state index in [1.807, 2.05) is 11.8 Å². The van der Waals surface area contributed by atoms with E-state index >= 15 is 0 Å². The molecule has 0 aromatic heterocycles. The summed E-state index contributed by atoms with van der Waals surface area (Å²) in [6.45, 7) is 5.65. The first-order valence-electron chi connectivity index (χ1n) is 7.99. The zero-order valence-corrected chi connectivity index (χ0v) is 18.1. The summed E-state index contributed by atoms with van der Waals surface area (Å²) < 4.78 is 10.8. The lowest BCUT2D eigenvalue weighted by Gasteiger charge is -2.32. The van der Waals surface area contributed by atoms with Gasteiger partial charge in [-0.15, -0.1) is 24.0 Å². The van der Waals surface area contributed by atoms with E-state index in [9.17, 15) is 0 Å². The Balaban J connectivity index is 0.00000288. The maximum atomic E-state index is 5.43. The van der Waals surface area contributed by atoms with Crippen LogP contribution < -0.4 is 14.8 Å². The average Bonchev–Trinajstić information content (AvgIpc) is 2.59. The molecular formula is C17H28IN3O2S. The fraction of sp³-hybridized carbons (Fsp3) is 0.588. The fourth-order valence-corrected chi connectivity index (χ4v) is 3.01. The smallest absolute Gasteiger partial charge is 0.194 e. The Hall–Kier alpha value is -0.830. The average molecular weight is 465 g/mol. The first-order valence-corrected chi connectivity index (χ1v) is 9.38. The Bertz CT molecular complexity index is 555. The Morgan fingerprint density at radius 2 is 1.92 bits per heavy atom. The molecule has 5 nitrogen and oxygen atoms in total. The van der Waals surface area contributed by atoms with E-state index in [0.717, 1.165) is 55.8 Å². The monoisotopic (exact) mass is 465 g/mol. The van der Waals surface area contributed by atoms with Crippen LogP contribution in [0.5, 0.6) is 11.5 Å². The van der Waals surface area contributed by atoms with Crippen LogP contribution >= 0.6 is 35.7 Å². The lowest BCUT2D eigenvalue weighted by molar-refractivity contribution is 0.346. The van der Waals surface area contributed by atoms with Crippen molar-refractivity contribution in [2.75, 3.05) is 45.9 Å².